The second-order valence-electron chi connectivity index (χ2n) is 6.46. The summed E-state index contributed by atoms with van der Waals surface area (Å²) in [4.78, 5) is 38.5. The third-order valence-electron chi connectivity index (χ3n) is 4.86. The lowest BCUT2D eigenvalue weighted by Crippen LogP contribution is -2.34. The highest BCUT2D eigenvalue weighted by molar-refractivity contribution is 7.17. The van der Waals surface area contributed by atoms with E-state index in [1.165, 1.54) is 23.3 Å². The monoisotopic (exact) mass is 366 g/mol. The summed E-state index contributed by atoms with van der Waals surface area (Å²) in [6.45, 7) is 0.598. The molecule has 1 saturated heterocycles. The number of nitrogens with one attached hydrogen (secondary N) is 1. The van der Waals surface area contributed by atoms with Gasteiger partial charge in [0.25, 0.3) is 0 Å². The van der Waals surface area contributed by atoms with E-state index in [9.17, 15) is 14.4 Å². The molecule has 0 spiro atoms. The van der Waals surface area contributed by atoms with Crippen LogP contribution in [0.3, 0.4) is 0 Å². The highest BCUT2D eigenvalue weighted by atomic mass is 32.1. The van der Waals surface area contributed by atoms with Crippen LogP contribution in [0.25, 0.3) is 0 Å². The van der Waals surface area contributed by atoms with Crippen molar-refractivity contribution in [3.8, 4) is 0 Å². The number of likely N-dealkylation sites (tertiary alicyclic amines) is 1. The molecule has 0 radical (unpaired) electrons. The Morgan fingerprint density at radius 1 is 1.24 bits per heavy atom. The molecule has 25 heavy (non-hydrogen) atoms. The Kier molecular flexibility index (Phi) is 5.27. The molecule has 1 aliphatic heterocycles. The summed E-state index contributed by atoms with van der Waals surface area (Å²) in [6, 6.07) is -0.356. The molecule has 0 saturated carbocycles. The number of rotatable bonds is 3. The molecule has 3 rings (SSSR count). The summed E-state index contributed by atoms with van der Waals surface area (Å²) in [7, 11) is 1.34. The number of aliphatic carboxylic acids is 1. The Bertz CT molecular complexity index is 699. The van der Waals surface area contributed by atoms with Gasteiger partial charge >= 0.3 is 18.0 Å². The fraction of sp³-hybridized carbons (Fsp3) is 0.588. The Labute approximate surface area is 150 Å². The van der Waals surface area contributed by atoms with Crippen LogP contribution in [0.2, 0.25) is 0 Å². The highest BCUT2D eigenvalue weighted by Crippen LogP contribution is 2.38. The number of carboxylic acids is 1. The SMILES string of the molecule is COC(=O)c1c(NC(=O)N2CCC(C(=O)O)C2)sc2c1CCCCC2. The van der Waals surface area contributed by atoms with Crippen molar-refractivity contribution >= 4 is 34.3 Å². The van der Waals surface area contributed by atoms with Gasteiger partial charge in [-0.2, -0.15) is 0 Å². The van der Waals surface area contributed by atoms with Gasteiger partial charge in [0.15, 0.2) is 0 Å². The first-order chi connectivity index (χ1) is 12.0. The topological polar surface area (TPSA) is 95.9 Å². The van der Waals surface area contributed by atoms with Gasteiger partial charge in [0.05, 0.1) is 18.6 Å². The van der Waals surface area contributed by atoms with E-state index in [0.29, 0.717) is 23.5 Å². The molecule has 7 nitrogen and oxygen atoms in total. The number of esters is 1. The number of hydrogen-bond acceptors (Lipinski definition) is 5. The summed E-state index contributed by atoms with van der Waals surface area (Å²) in [5.74, 6) is -1.83. The molecule has 1 aliphatic carbocycles. The number of carboxylic acid groups (broad SMARTS) is 1. The average molecular weight is 366 g/mol. The van der Waals surface area contributed by atoms with E-state index in [2.05, 4.69) is 5.32 Å². The van der Waals surface area contributed by atoms with Crippen molar-refractivity contribution in [1.82, 2.24) is 4.90 Å². The first kappa shape index (κ1) is 17.7. The van der Waals surface area contributed by atoms with Crippen LogP contribution in [0.5, 0.6) is 0 Å². The zero-order valence-electron chi connectivity index (χ0n) is 14.2. The van der Waals surface area contributed by atoms with Crippen molar-refractivity contribution in [1.29, 1.82) is 0 Å². The van der Waals surface area contributed by atoms with E-state index >= 15 is 0 Å². The van der Waals surface area contributed by atoms with E-state index in [0.717, 1.165) is 42.5 Å². The van der Waals surface area contributed by atoms with Crippen LogP contribution < -0.4 is 5.32 Å². The molecule has 0 aromatic carbocycles. The van der Waals surface area contributed by atoms with Gasteiger partial charge in [-0.05, 0) is 37.7 Å². The van der Waals surface area contributed by atoms with Gasteiger partial charge in [0.2, 0.25) is 0 Å². The number of carbonyl (C=O) groups excluding carboxylic acids is 2. The van der Waals surface area contributed by atoms with Crippen LogP contribution in [-0.2, 0) is 22.4 Å². The Morgan fingerprint density at radius 3 is 2.68 bits per heavy atom. The summed E-state index contributed by atoms with van der Waals surface area (Å²) in [5.41, 5.74) is 1.46. The number of hydrogen-bond donors (Lipinski definition) is 2. The Hall–Kier alpha value is -2.09. The second kappa shape index (κ2) is 7.43. The first-order valence-electron chi connectivity index (χ1n) is 8.52. The number of anilines is 1. The third kappa shape index (κ3) is 3.63. The van der Waals surface area contributed by atoms with E-state index in [1.807, 2.05) is 0 Å². The van der Waals surface area contributed by atoms with Crippen molar-refractivity contribution in [2.24, 2.45) is 5.92 Å². The summed E-state index contributed by atoms with van der Waals surface area (Å²) >= 11 is 1.44. The fourth-order valence-corrected chi connectivity index (χ4v) is 4.74. The minimum Gasteiger partial charge on any atom is -0.481 e. The minimum absolute atomic E-state index is 0.194. The normalized spacial score (nSPS) is 19.9. The lowest BCUT2D eigenvalue weighted by atomic mass is 10.1. The quantitative estimate of drug-likeness (QED) is 0.633. The van der Waals surface area contributed by atoms with E-state index in [-0.39, 0.29) is 12.6 Å². The predicted octanol–water partition coefficient (Wildman–Crippen LogP) is 2.74. The van der Waals surface area contributed by atoms with Gasteiger partial charge in [-0.15, -0.1) is 11.3 Å². The zero-order valence-corrected chi connectivity index (χ0v) is 15.0. The van der Waals surface area contributed by atoms with E-state index in [1.54, 1.807) is 0 Å². The summed E-state index contributed by atoms with van der Waals surface area (Å²) < 4.78 is 4.92. The number of carbonyl (C=O) groups is 3. The van der Waals surface area contributed by atoms with Crippen molar-refractivity contribution in [3.05, 3.63) is 16.0 Å². The summed E-state index contributed by atoms with van der Waals surface area (Å²) in [6.07, 6.45) is 5.41. The number of fused-ring (bicyclic) bond motifs is 1. The Balaban J connectivity index is 1.81. The molecule has 2 amide bonds. The molecule has 2 N–H and O–H groups in total. The standard InChI is InChI=1S/C17H22N2O5S/c1-24-16(22)13-11-5-3-2-4-6-12(11)25-14(13)18-17(23)19-8-7-10(9-19)15(20)21/h10H,2-9H2,1H3,(H,18,23)(H,20,21). The van der Waals surface area contributed by atoms with Crippen molar-refractivity contribution in [2.45, 2.75) is 38.5 Å². The van der Waals surface area contributed by atoms with Crippen LogP contribution in [-0.4, -0.2) is 48.2 Å². The number of aryl methyl sites for hydroxylation is 1. The maximum absolute atomic E-state index is 12.5. The molecule has 1 atom stereocenters. The number of ether oxygens (including phenoxy) is 1. The van der Waals surface area contributed by atoms with Crippen molar-refractivity contribution in [3.63, 3.8) is 0 Å². The molecule has 2 heterocycles. The predicted molar refractivity (Wildman–Crippen MR) is 93.3 cm³/mol. The largest absolute Gasteiger partial charge is 0.481 e. The van der Waals surface area contributed by atoms with Gasteiger partial charge < -0.3 is 14.7 Å². The lowest BCUT2D eigenvalue weighted by molar-refractivity contribution is -0.141. The van der Waals surface area contributed by atoms with Gasteiger partial charge in [-0.3, -0.25) is 10.1 Å². The van der Waals surface area contributed by atoms with Gasteiger partial charge in [0, 0.05) is 18.0 Å². The number of methoxy groups -OCH3 is 1. The number of amides is 2. The number of urea groups is 1. The van der Waals surface area contributed by atoms with Crippen LogP contribution in [0.4, 0.5) is 9.80 Å². The second-order valence-corrected chi connectivity index (χ2v) is 7.57. The van der Waals surface area contributed by atoms with Gasteiger partial charge in [-0.25, -0.2) is 9.59 Å². The molecule has 136 valence electrons. The van der Waals surface area contributed by atoms with Crippen LogP contribution in [0.15, 0.2) is 0 Å². The first-order valence-corrected chi connectivity index (χ1v) is 9.34. The number of nitrogens with zero attached hydrogens (tertiary/aromatic N) is 1. The molecule has 1 fully saturated rings. The fourth-order valence-electron chi connectivity index (χ4n) is 3.47. The molecular formula is C17H22N2O5S. The molecule has 8 heteroatoms. The van der Waals surface area contributed by atoms with Crippen molar-refractivity contribution < 1.29 is 24.2 Å². The molecule has 2 aliphatic rings. The molecule has 1 unspecified atom stereocenters. The van der Waals surface area contributed by atoms with Gasteiger partial charge in [0.1, 0.15) is 5.00 Å². The maximum Gasteiger partial charge on any atom is 0.341 e. The van der Waals surface area contributed by atoms with Crippen LogP contribution in [0, 0.1) is 5.92 Å². The molecule has 0 bridgehead atoms. The molecule has 1 aromatic rings. The molecular weight excluding hydrogens is 344 g/mol. The zero-order chi connectivity index (χ0) is 18.0. The van der Waals surface area contributed by atoms with Crippen LogP contribution in [0.1, 0.15) is 46.5 Å². The van der Waals surface area contributed by atoms with Crippen molar-refractivity contribution in [2.75, 3.05) is 25.5 Å². The van der Waals surface area contributed by atoms with E-state index in [4.69, 9.17) is 9.84 Å². The van der Waals surface area contributed by atoms with Gasteiger partial charge in [-0.1, -0.05) is 6.42 Å². The lowest BCUT2D eigenvalue weighted by Gasteiger charge is -2.16. The highest BCUT2D eigenvalue weighted by Gasteiger charge is 2.32. The third-order valence-corrected chi connectivity index (χ3v) is 6.06. The Morgan fingerprint density at radius 2 is 2.00 bits per heavy atom. The smallest absolute Gasteiger partial charge is 0.341 e. The number of thiophene rings is 1. The minimum atomic E-state index is -0.881. The van der Waals surface area contributed by atoms with E-state index < -0.39 is 17.9 Å². The van der Waals surface area contributed by atoms with Crippen LogP contribution >= 0.6 is 11.3 Å². The summed E-state index contributed by atoms with van der Waals surface area (Å²) in [5, 5.41) is 12.4. The molecule has 1 aromatic heterocycles. The average Bonchev–Trinajstić information content (AvgIpc) is 3.14. The maximum atomic E-state index is 12.5.